The number of hydrogen-bond acceptors (Lipinski definition) is 4. The van der Waals surface area contributed by atoms with Gasteiger partial charge in [-0.05, 0) is 56.5 Å². The molecule has 6 nitrogen and oxygen atoms in total. The van der Waals surface area contributed by atoms with E-state index >= 15 is 0 Å². The Kier molecular flexibility index (Phi) is 6.75. The summed E-state index contributed by atoms with van der Waals surface area (Å²) in [5, 5.41) is 3.78. The molecular formula is C27H31N3O3. The zero-order valence-corrected chi connectivity index (χ0v) is 19.7. The Bertz CT molecular complexity index is 1190. The number of morpholine rings is 1. The van der Waals surface area contributed by atoms with Gasteiger partial charge in [0.1, 0.15) is 6.10 Å². The molecule has 0 spiro atoms. The van der Waals surface area contributed by atoms with Gasteiger partial charge in [-0.3, -0.25) is 9.59 Å². The predicted molar refractivity (Wildman–Crippen MR) is 129 cm³/mol. The number of rotatable bonds is 5. The maximum Gasteiger partial charge on any atom is 0.252 e. The van der Waals surface area contributed by atoms with Crippen LogP contribution in [0.2, 0.25) is 0 Å². The second kappa shape index (κ2) is 9.71. The highest BCUT2D eigenvalue weighted by Gasteiger charge is 2.28. The van der Waals surface area contributed by atoms with Gasteiger partial charge in [-0.25, -0.2) is 4.98 Å². The van der Waals surface area contributed by atoms with E-state index in [-0.39, 0.29) is 24.0 Å². The molecule has 33 heavy (non-hydrogen) atoms. The van der Waals surface area contributed by atoms with Gasteiger partial charge in [-0.1, -0.05) is 36.4 Å². The molecule has 172 valence electrons. The molecule has 1 fully saturated rings. The summed E-state index contributed by atoms with van der Waals surface area (Å²) in [5.41, 5.74) is 5.41. The van der Waals surface area contributed by atoms with Crippen molar-refractivity contribution < 1.29 is 14.3 Å². The zero-order chi connectivity index (χ0) is 23.5. The number of aromatic nitrogens is 1. The Morgan fingerprint density at radius 2 is 1.91 bits per heavy atom. The minimum absolute atomic E-state index is 0.0253. The van der Waals surface area contributed by atoms with Crippen molar-refractivity contribution in [3.8, 4) is 0 Å². The van der Waals surface area contributed by atoms with Crippen LogP contribution in [-0.4, -0.2) is 47.4 Å². The molecule has 0 bridgehead atoms. The highest BCUT2D eigenvalue weighted by molar-refractivity contribution is 6.06. The van der Waals surface area contributed by atoms with Crippen LogP contribution in [0, 0.1) is 13.8 Å². The lowest BCUT2D eigenvalue weighted by Crippen LogP contribution is -2.43. The van der Waals surface area contributed by atoms with Crippen molar-refractivity contribution in [2.24, 2.45) is 0 Å². The number of hydrogen-bond donors (Lipinski definition) is 1. The van der Waals surface area contributed by atoms with Crippen molar-refractivity contribution in [1.29, 1.82) is 0 Å². The first-order valence-corrected chi connectivity index (χ1v) is 11.5. The Labute approximate surface area is 195 Å². The van der Waals surface area contributed by atoms with Crippen molar-refractivity contribution in [3.05, 3.63) is 76.5 Å². The molecule has 3 aromatic rings. The first-order chi connectivity index (χ1) is 15.8. The van der Waals surface area contributed by atoms with Crippen LogP contribution in [0.15, 0.2) is 48.5 Å². The van der Waals surface area contributed by atoms with E-state index in [0.29, 0.717) is 37.4 Å². The van der Waals surface area contributed by atoms with Crippen LogP contribution in [0.25, 0.3) is 10.9 Å². The highest BCUT2D eigenvalue weighted by Crippen LogP contribution is 2.26. The van der Waals surface area contributed by atoms with E-state index in [9.17, 15) is 9.59 Å². The van der Waals surface area contributed by atoms with Gasteiger partial charge < -0.3 is 15.0 Å². The van der Waals surface area contributed by atoms with Gasteiger partial charge in [0.05, 0.1) is 36.3 Å². The van der Waals surface area contributed by atoms with Gasteiger partial charge >= 0.3 is 0 Å². The minimum atomic E-state index is -0.377. The molecule has 0 saturated carbocycles. The van der Waals surface area contributed by atoms with Crippen LogP contribution in [0.4, 0.5) is 0 Å². The molecule has 0 unspecified atom stereocenters. The smallest absolute Gasteiger partial charge is 0.252 e. The van der Waals surface area contributed by atoms with E-state index in [1.165, 1.54) is 11.1 Å². The lowest BCUT2D eigenvalue weighted by Gasteiger charge is -2.33. The van der Waals surface area contributed by atoms with Crippen molar-refractivity contribution >= 4 is 22.7 Å². The Hall–Kier alpha value is -3.25. The zero-order valence-electron chi connectivity index (χ0n) is 19.7. The number of ether oxygens (including phenoxy) is 1. The highest BCUT2D eigenvalue weighted by atomic mass is 16.5. The van der Waals surface area contributed by atoms with E-state index in [1.54, 1.807) is 0 Å². The lowest BCUT2D eigenvalue weighted by molar-refractivity contribution is -0.138. The van der Waals surface area contributed by atoms with E-state index in [1.807, 2.05) is 55.1 Å². The summed E-state index contributed by atoms with van der Waals surface area (Å²) in [6, 6.07) is 15.6. The largest absolute Gasteiger partial charge is 0.368 e. The number of para-hydroxylation sites is 1. The fourth-order valence-corrected chi connectivity index (χ4v) is 4.14. The molecule has 1 N–H and O–H groups in total. The molecule has 2 aromatic carbocycles. The third kappa shape index (κ3) is 5.22. The molecular weight excluding hydrogens is 414 g/mol. The molecule has 1 atom stereocenters. The number of aryl methyl sites for hydroxylation is 2. The van der Waals surface area contributed by atoms with E-state index < -0.39 is 0 Å². The number of carbonyl (C=O) groups excluding carboxylic acids is 2. The molecule has 0 radical (unpaired) electrons. The molecule has 1 aliphatic heterocycles. The average molecular weight is 446 g/mol. The van der Waals surface area contributed by atoms with Crippen LogP contribution in [0.3, 0.4) is 0 Å². The van der Waals surface area contributed by atoms with E-state index in [4.69, 9.17) is 9.72 Å². The number of benzene rings is 2. The normalized spacial score (nSPS) is 16.3. The van der Waals surface area contributed by atoms with E-state index in [2.05, 4.69) is 31.3 Å². The number of nitrogens with zero attached hydrogens (tertiary/aromatic N) is 2. The predicted octanol–water partition coefficient (Wildman–Crippen LogP) is 4.13. The van der Waals surface area contributed by atoms with Gasteiger partial charge in [-0.2, -0.15) is 0 Å². The molecule has 1 saturated heterocycles. The third-order valence-corrected chi connectivity index (χ3v) is 6.08. The number of amides is 2. The van der Waals surface area contributed by atoms with Crippen molar-refractivity contribution in [2.75, 3.05) is 19.7 Å². The molecule has 0 aliphatic carbocycles. The van der Waals surface area contributed by atoms with Gasteiger partial charge in [0.2, 0.25) is 5.91 Å². The second-order valence-electron chi connectivity index (χ2n) is 9.03. The number of pyridine rings is 1. The van der Waals surface area contributed by atoms with Crippen LogP contribution in [0.1, 0.15) is 52.7 Å². The van der Waals surface area contributed by atoms with Crippen LogP contribution >= 0.6 is 0 Å². The summed E-state index contributed by atoms with van der Waals surface area (Å²) in [4.78, 5) is 32.5. The monoisotopic (exact) mass is 445 g/mol. The number of carbonyl (C=O) groups is 2. The fourth-order valence-electron chi connectivity index (χ4n) is 4.14. The second-order valence-corrected chi connectivity index (χ2v) is 9.03. The maximum atomic E-state index is 13.0. The molecule has 1 aromatic heterocycles. The van der Waals surface area contributed by atoms with Gasteiger partial charge in [0.15, 0.2) is 0 Å². The maximum absolute atomic E-state index is 13.0. The van der Waals surface area contributed by atoms with Gasteiger partial charge in [-0.15, -0.1) is 0 Å². The SMILES string of the molecule is Cc1ccc(CC(=O)N2CCO[C@@H](c3cc(C(=O)NC(C)C)c4ccccc4n3)C2)cc1C. The lowest BCUT2D eigenvalue weighted by atomic mass is 10.0. The van der Waals surface area contributed by atoms with Crippen molar-refractivity contribution in [2.45, 2.75) is 46.3 Å². The minimum Gasteiger partial charge on any atom is -0.368 e. The molecule has 6 heteroatoms. The topological polar surface area (TPSA) is 71.5 Å². The summed E-state index contributed by atoms with van der Waals surface area (Å²) in [6.07, 6.45) is -0.0150. The molecule has 2 amide bonds. The molecule has 2 heterocycles. The Morgan fingerprint density at radius 1 is 1.12 bits per heavy atom. The summed E-state index contributed by atoms with van der Waals surface area (Å²) < 4.78 is 6.01. The molecule has 4 rings (SSSR count). The first kappa shape index (κ1) is 22.9. The van der Waals surface area contributed by atoms with Crippen molar-refractivity contribution in [1.82, 2.24) is 15.2 Å². The summed E-state index contributed by atoms with van der Waals surface area (Å²) >= 11 is 0. The molecule has 1 aliphatic rings. The quantitative estimate of drug-likeness (QED) is 0.641. The standard InChI is InChI=1S/C27H31N3O3/c1-17(2)28-27(32)22-15-24(29-23-8-6-5-7-21(22)23)25-16-30(11-12-33-25)26(31)14-20-10-9-18(3)19(4)13-20/h5-10,13,15,17,25H,11-12,14,16H2,1-4H3,(H,28,32)/t25-/m1/s1. The van der Waals surface area contributed by atoms with Crippen LogP contribution < -0.4 is 5.32 Å². The van der Waals surface area contributed by atoms with Gasteiger partial charge in [0, 0.05) is 18.0 Å². The Balaban J connectivity index is 1.57. The number of nitrogens with one attached hydrogen (secondary N) is 1. The summed E-state index contributed by atoms with van der Waals surface area (Å²) in [7, 11) is 0. The number of fused-ring (bicyclic) bond motifs is 1. The van der Waals surface area contributed by atoms with E-state index in [0.717, 1.165) is 16.5 Å². The summed E-state index contributed by atoms with van der Waals surface area (Å²) in [5.74, 6) is -0.0616. The third-order valence-electron chi connectivity index (χ3n) is 6.08. The average Bonchev–Trinajstić information content (AvgIpc) is 2.80. The van der Waals surface area contributed by atoms with Crippen LogP contribution in [-0.2, 0) is 16.0 Å². The van der Waals surface area contributed by atoms with Gasteiger partial charge in [0.25, 0.3) is 5.91 Å². The van der Waals surface area contributed by atoms with Crippen molar-refractivity contribution in [3.63, 3.8) is 0 Å². The first-order valence-electron chi connectivity index (χ1n) is 11.5. The van der Waals surface area contributed by atoms with Crippen LogP contribution in [0.5, 0.6) is 0 Å². The summed E-state index contributed by atoms with van der Waals surface area (Å²) in [6.45, 7) is 9.41. The Morgan fingerprint density at radius 3 is 2.67 bits per heavy atom. The fraction of sp³-hybridized carbons (Fsp3) is 0.370.